The summed E-state index contributed by atoms with van der Waals surface area (Å²) >= 11 is 12.3. The van der Waals surface area contributed by atoms with Crippen LogP contribution in [0.25, 0.3) is 0 Å². The standard InChI is InChI=1S/C15H14Cl2N2O2/c1-10-8-9-12(16)14(13(10)17)18-19(21-2)15(20)11-6-4-3-5-7-11/h3-9,18H,1-2H3. The normalized spacial score (nSPS) is 10.3. The largest absolute Gasteiger partial charge is 0.297 e. The van der Waals surface area contributed by atoms with Crippen molar-refractivity contribution in [3.63, 3.8) is 0 Å². The predicted molar refractivity (Wildman–Crippen MR) is 84.4 cm³/mol. The maximum Gasteiger partial charge on any atom is 0.297 e. The number of rotatable bonds is 4. The van der Waals surface area contributed by atoms with Crippen molar-refractivity contribution in [1.82, 2.24) is 5.17 Å². The van der Waals surface area contributed by atoms with Crippen LogP contribution in [0.4, 0.5) is 5.69 Å². The van der Waals surface area contributed by atoms with Crippen LogP contribution in [0.3, 0.4) is 0 Å². The fourth-order valence-corrected chi connectivity index (χ4v) is 2.19. The minimum atomic E-state index is -0.355. The first-order chi connectivity index (χ1) is 10.0. The highest BCUT2D eigenvalue weighted by Gasteiger charge is 2.18. The van der Waals surface area contributed by atoms with E-state index in [0.717, 1.165) is 10.7 Å². The Bertz CT molecular complexity index is 648. The van der Waals surface area contributed by atoms with Crippen molar-refractivity contribution < 1.29 is 9.63 Å². The monoisotopic (exact) mass is 324 g/mol. The van der Waals surface area contributed by atoms with E-state index in [2.05, 4.69) is 5.43 Å². The number of carbonyl (C=O) groups is 1. The molecule has 0 aromatic heterocycles. The van der Waals surface area contributed by atoms with Gasteiger partial charge in [-0.2, -0.15) is 0 Å². The first-order valence-corrected chi connectivity index (χ1v) is 6.95. The number of nitrogens with zero attached hydrogens (tertiary/aromatic N) is 1. The van der Waals surface area contributed by atoms with Gasteiger partial charge in [0.05, 0.1) is 22.8 Å². The number of benzene rings is 2. The van der Waals surface area contributed by atoms with Gasteiger partial charge in [0.2, 0.25) is 0 Å². The third-order valence-electron chi connectivity index (χ3n) is 2.89. The molecule has 0 saturated carbocycles. The molecule has 110 valence electrons. The average molecular weight is 325 g/mol. The molecule has 0 atom stereocenters. The predicted octanol–water partition coefficient (Wildman–Crippen LogP) is 4.33. The third-order valence-corrected chi connectivity index (χ3v) is 3.69. The third kappa shape index (κ3) is 3.47. The van der Waals surface area contributed by atoms with E-state index in [9.17, 15) is 4.79 Å². The second-order valence-electron chi connectivity index (χ2n) is 4.31. The Morgan fingerprint density at radius 3 is 2.43 bits per heavy atom. The fourth-order valence-electron chi connectivity index (χ4n) is 1.74. The molecular formula is C15H14Cl2N2O2. The van der Waals surface area contributed by atoms with Gasteiger partial charge < -0.3 is 0 Å². The lowest BCUT2D eigenvalue weighted by Gasteiger charge is -2.23. The number of anilines is 1. The summed E-state index contributed by atoms with van der Waals surface area (Å²) in [7, 11) is 1.38. The Kier molecular flexibility index (Phi) is 5.07. The average Bonchev–Trinajstić information content (AvgIpc) is 2.52. The van der Waals surface area contributed by atoms with Gasteiger partial charge >= 0.3 is 0 Å². The van der Waals surface area contributed by atoms with Gasteiger partial charge in [0.1, 0.15) is 0 Å². The summed E-state index contributed by atoms with van der Waals surface area (Å²) in [5.41, 5.74) is 4.54. The number of amides is 1. The van der Waals surface area contributed by atoms with E-state index in [1.807, 2.05) is 13.0 Å². The van der Waals surface area contributed by atoms with E-state index < -0.39 is 0 Å². The molecule has 0 heterocycles. The maximum absolute atomic E-state index is 12.3. The fraction of sp³-hybridized carbons (Fsp3) is 0.133. The van der Waals surface area contributed by atoms with Crippen LogP contribution in [0.1, 0.15) is 15.9 Å². The maximum atomic E-state index is 12.3. The highest BCUT2D eigenvalue weighted by Crippen LogP contribution is 2.33. The van der Waals surface area contributed by atoms with Gasteiger partial charge in [0.25, 0.3) is 5.91 Å². The van der Waals surface area contributed by atoms with E-state index in [0.29, 0.717) is 21.3 Å². The van der Waals surface area contributed by atoms with Crippen LogP contribution in [-0.2, 0) is 4.84 Å². The molecule has 1 N–H and O–H groups in total. The first kappa shape index (κ1) is 15.6. The summed E-state index contributed by atoms with van der Waals surface area (Å²) in [5, 5.41) is 1.82. The Balaban J connectivity index is 2.28. The molecular weight excluding hydrogens is 311 g/mol. The summed E-state index contributed by atoms with van der Waals surface area (Å²) in [6.45, 7) is 1.85. The molecule has 0 bridgehead atoms. The molecule has 4 nitrogen and oxygen atoms in total. The molecule has 0 aliphatic heterocycles. The molecule has 1 amide bonds. The van der Waals surface area contributed by atoms with Crippen LogP contribution < -0.4 is 5.43 Å². The molecule has 0 aliphatic carbocycles. The van der Waals surface area contributed by atoms with Crippen LogP contribution >= 0.6 is 23.2 Å². The lowest BCUT2D eigenvalue weighted by molar-refractivity contribution is -0.0764. The Labute approximate surface area is 133 Å². The lowest BCUT2D eigenvalue weighted by atomic mass is 10.2. The molecule has 0 aliphatic rings. The van der Waals surface area contributed by atoms with E-state index in [-0.39, 0.29) is 5.91 Å². The molecule has 0 unspecified atom stereocenters. The number of hydroxylamine groups is 1. The van der Waals surface area contributed by atoms with Crippen molar-refractivity contribution in [1.29, 1.82) is 0 Å². The van der Waals surface area contributed by atoms with Crippen molar-refractivity contribution in [3.8, 4) is 0 Å². The molecule has 0 radical (unpaired) electrons. The number of aryl methyl sites for hydroxylation is 1. The second-order valence-corrected chi connectivity index (χ2v) is 5.10. The van der Waals surface area contributed by atoms with Gasteiger partial charge in [-0.15, -0.1) is 5.17 Å². The van der Waals surface area contributed by atoms with Crippen LogP contribution in [-0.4, -0.2) is 18.2 Å². The number of hydrazine groups is 1. The number of hydrogen-bond acceptors (Lipinski definition) is 3. The van der Waals surface area contributed by atoms with Gasteiger partial charge in [-0.25, -0.2) is 0 Å². The van der Waals surface area contributed by atoms with Crippen molar-refractivity contribution in [2.75, 3.05) is 12.5 Å². The van der Waals surface area contributed by atoms with E-state index >= 15 is 0 Å². The molecule has 0 fully saturated rings. The van der Waals surface area contributed by atoms with Crippen LogP contribution in [0.5, 0.6) is 0 Å². The molecule has 0 spiro atoms. The SMILES string of the molecule is CON(Nc1c(Cl)ccc(C)c1Cl)C(=O)c1ccccc1. The van der Waals surface area contributed by atoms with Crippen LogP contribution in [0.15, 0.2) is 42.5 Å². The molecule has 6 heteroatoms. The highest BCUT2D eigenvalue weighted by molar-refractivity contribution is 6.39. The second kappa shape index (κ2) is 6.80. The zero-order chi connectivity index (χ0) is 15.4. The van der Waals surface area contributed by atoms with Crippen molar-refractivity contribution in [2.45, 2.75) is 6.92 Å². The molecule has 21 heavy (non-hydrogen) atoms. The summed E-state index contributed by atoms with van der Waals surface area (Å²) in [6, 6.07) is 12.2. The summed E-state index contributed by atoms with van der Waals surface area (Å²) in [5.74, 6) is -0.355. The van der Waals surface area contributed by atoms with Crippen molar-refractivity contribution >= 4 is 34.8 Å². The summed E-state index contributed by atoms with van der Waals surface area (Å²) < 4.78 is 0. The van der Waals surface area contributed by atoms with E-state index in [1.165, 1.54) is 7.11 Å². The zero-order valence-corrected chi connectivity index (χ0v) is 13.1. The number of nitrogens with one attached hydrogen (secondary N) is 1. The van der Waals surface area contributed by atoms with Crippen LogP contribution in [0, 0.1) is 6.92 Å². The zero-order valence-electron chi connectivity index (χ0n) is 11.6. The van der Waals surface area contributed by atoms with E-state index in [1.54, 1.807) is 36.4 Å². The summed E-state index contributed by atoms with van der Waals surface area (Å²) in [4.78, 5) is 17.4. The molecule has 2 rings (SSSR count). The molecule has 0 saturated heterocycles. The minimum Gasteiger partial charge on any atom is -0.268 e. The summed E-state index contributed by atoms with van der Waals surface area (Å²) in [6.07, 6.45) is 0. The van der Waals surface area contributed by atoms with Gasteiger partial charge in [0, 0.05) is 5.56 Å². The Morgan fingerprint density at radius 2 is 1.81 bits per heavy atom. The quantitative estimate of drug-likeness (QED) is 0.851. The number of halogens is 2. The van der Waals surface area contributed by atoms with E-state index in [4.69, 9.17) is 28.0 Å². The van der Waals surface area contributed by atoms with Gasteiger partial charge in [-0.1, -0.05) is 47.5 Å². The van der Waals surface area contributed by atoms with Gasteiger partial charge in [-0.3, -0.25) is 15.1 Å². The number of carbonyl (C=O) groups excluding carboxylic acids is 1. The smallest absolute Gasteiger partial charge is 0.268 e. The highest BCUT2D eigenvalue weighted by atomic mass is 35.5. The Hall–Kier alpha value is -1.75. The van der Waals surface area contributed by atoms with Crippen molar-refractivity contribution in [3.05, 3.63) is 63.6 Å². The lowest BCUT2D eigenvalue weighted by Crippen LogP contribution is -2.35. The van der Waals surface area contributed by atoms with Gasteiger partial charge in [0.15, 0.2) is 0 Å². The van der Waals surface area contributed by atoms with Gasteiger partial charge in [-0.05, 0) is 30.7 Å². The number of hydrogen-bond donors (Lipinski definition) is 1. The Morgan fingerprint density at radius 1 is 1.14 bits per heavy atom. The molecule has 2 aromatic carbocycles. The minimum absolute atomic E-state index is 0.355. The van der Waals surface area contributed by atoms with Crippen molar-refractivity contribution in [2.24, 2.45) is 0 Å². The molecule has 2 aromatic rings. The first-order valence-electron chi connectivity index (χ1n) is 6.19. The topological polar surface area (TPSA) is 41.6 Å². The van der Waals surface area contributed by atoms with Crippen LogP contribution in [0.2, 0.25) is 10.0 Å².